The molecule has 5 nitrogen and oxygen atoms in total. The third-order valence-corrected chi connectivity index (χ3v) is 5.75. The van der Waals surface area contributed by atoms with E-state index in [0.717, 1.165) is 36.1 Å². The van der Waals surface area contributed by atoms with E-state index in [1.54, 1.807) is 42.6 Å². The van der Waals surface area contributed by atoms with Gasteiger partial charge in [-0.2, -0.15) is 0 Å². The van der Waals surface area contributed by atoms with Gasteiger partial charge in [0.05, 0.1) is 24.0 Å². The van der Waals surface area contributed by atoms with Crippen LogP contribution in [-0.4, -0.2) is 21.0 Å². The van der Waals surface area contributed by atoms with E-state index in [4.69, 9.17) is 4.98 Å². The number of aromatic hydroxyl groups is 1. The number of hydrogen-bond acceptors (Lipinski definition) is 4. The van der Waals surface area contributed by atoms with E-state index in [-0.39, 0.29) is 23.9 Å². The molecular formula is C25H26FN3O2. The minimum atomic E-state index is -0.294. The van der Waals surface area contributed by atoms with Crippen molar-refractivity contribution < 1.29 is 14.3 Å². The quantitative estimate of drug-likeness (QED) is 0.569. The van der Waals surface area contributed by atoms with Crippen molar-refractivity contribution in [2.24, 2.45) is 5.92 Å². The smallest absolute Gasteiger partial charge is 0.229 e. The monoisotopic (exact) mass is 419 g/mol. The number of carbonyl (C=O) groups is 1. The summed E-state index contributed by atoms with van der Waals surface area (Å²) in [4.78, 5) is 21.9. The Morgan fingerprint density at radius 2 is 1.74 bits per heavy atom. The number of hydrogen-bond donors (Lipinski definition) is 2. The molecule has 3 aromatic rings. The van der Waals surface area contributed by atoms with Crippen molar-refractivity contribution in [1.82, 2.24) is 9.97 Å². The average molecular weight is 420 g/mol. The second-order valence-corrected chi connectivity index (χ2v) is 8.16. The number of aromatic nitrogens is 2. The Hall–Kier alpha value is -3.28. The lowest BCUT2D eigenvalue weighted by atomic mass is 9.86. The maximum absolute atomic E-state index is 13.3. The molecule has 1 saturated carbocycles. The number of rotatable bonds is 6. The van der Waals surface area contributed by atoms with E-state index in [1.165, 1.54) is 31.4 Å². The molecule has 0 saturated heterocycles. The van der Waals surface area contributed by atoms with Crippen molar-refractivity contribution in [1.29, 1.82) is 0 Å². The lowest BCUT2D eigenvalue weighted by Crippen LogP contribution is -2.19. The minimum Gasteiger partial charge on any atom is -0.508 e. The summed E-state index contributed by atoms with van der Waals surface area (Å²) in [5, 5.41) is 12.3. The number of amides is 1. The fraction of sp³-hybridized carbons (Fsp3) is 0.320. The number of nitrogens with zero attached hydrogens (tertiary/aromatic N) is 2. The first kappa shape index (κ1) is 21.0. The van der Waals surface area contributed by atoms with Crippen molar-refractivity contribution in [2.75, 3.05) is 5.32 Å². The summed E-state index contributed by atoms with van der Waals surface area (Å²) in [5.74, 6) is 0.706. The Labute approximate surface area is 181 Å². The van der Waals surface area contributed by atoms with Crippen LogP contribution in [0.15, 0.2) is 54.7 Å². The molecule has 160 valence electrons. The number of anilines is 1. The second-order valence-electron chi connectivity index (χ2n) is 8.16. The largest absolute Gasteiger partial charge is 0.508 e. The minimum absolute atomic E-state index is 0.168. The standard InChI is InChI=1S/C25H26FN3O2/c26-20-10-8-19(9-11-20)23-16-27-25(22(28-23)14-17-4-2-1-3-5-17)29-24(31)15-18-6-12-21(30)13-7-18/h6-13,16-17,30H,1-5,14-15H2,(H,27,29,31). The van der Waals surface area contributed by atoms with Crippen molar-refractivity contribution >= 4 is 11.7 Å². The molecule has 1 aromatic heterocycles. The van der Waals surface area contributed by atoms with Crippen LogP contribution in [0.5, 0.6) is 5.75 Å². The van der Waals surface area contributed by atoms with Crippen molar-refractivity contribution in [3.05, 3.63) is 71.8 Å². The first-order valence-electron chi connectivity index (χ1n) is 10.8. The summed E-state index contributed by atoms with van der Waals surface area (Å²) in [5.41, 5.74) is 3.04. The predicted molar refractivity (Wildman–Crippen MR) is 118 cm³/mol. The van der Waals surface area contributed by atoms with Gasteiger partial charge in [-0.15, -0.1) is 0 Å². The van der Waals surface area contributed by atoms with Gasteiger partial charge in [0.2, 0.25) is 5.91 Å². The SMILES string of the molecule is O=C(Cc1ccc(O)cc1)Nc1ncc(-c2ccc(F)cc2)nc1CC1CCCCC1. The van der Waals surface area contributed by atoms with E-state index in [1.807, 2.05) is 0 Å². The van der Waals surface area contributed by atoms with Gasteiger partial charge < -0.3 is 10.4 Å². The molecule has 0 aliphatic heterocycles. The molecule has 0 unspecified atom stereocenters. The first-order chi connectivity index (χ1) is 15.1. The van der Waals surface area contributed by atoms with Gasteiger partial charge in [-0.25, -0.2) is 14.4 Å². The summed E-state index contributed by atoms with van der Waals surface area (Å²) in [7, 11) is 0. The van der Waals surface area contributed by atoms with Crippen LogP contribution in [0.2, 0.25) is 0 Å². The van der Waals surface area contributed by atoms with Gasteiger partial charge >= 0.3 is 0 Å². The third kappa shape index (κ3) is 5.66. The third-order valence-electron chi connectivity index (χ3n) is 5.75. The van der Waals surface area contributed by atoms with Gasteiger partial charge in [0, 0.05) is 5.56 Å². The second kappa shape index (κ2) is 9.69. The Bertz CT molecular complexity index is 1030. The highest BCUT2D eigenvalue weighted by molar-refractivity contribution is 5.92. The van der Waals surface area contributed by atoms with E-state index in [0.29, 0.717) is 17.4 Å². The highest BCUT2D eigenvalue weighted by Crippen LogP contribution is 2.29. The molecule has 0 atom stereocenters. The molecule has 0 radical (unpaired) electrons. The molecule has 31 heavy (non-hydrogen) atoms. The normalized spacial score (nSPS) is 14.4. The lowest BCUT2D eigenvalue weighted by Gasteiger charge is -2.22. The maximum atomic E-state index is 13.3. The van der Waals surface area contributed by atoms with Crippen molar-refractivity contribution in [3.8, 4) is 17.0 Å². The van der Waals surface area contributed by atoms with E-state index < -0.39 is 0 Å². The van der Waals surface area contributed by atoms with Crippen molar-refractivity contribution in [3.63, 3.8) is 0 Å². The molecule has 1 fully saturated rings. The molecule has 2 N–H and O–H groups in total. The molecule has 1 aliphatic rings. The Balaban J connectivity index is 1.56. The van der Waals surface area contributed by atoms with Crippen LogP contribution in [-0.2, 0) is 17.6 Å². The van der Waals surface area contributed by atoms with E-state index in [2.05, 4.69) is 10.3 Å². The zero-order valence-electron chi connectivity index (χ0n) is 17.4. The predicted octanol–water partition coefficient (Wildman–Crippen LogP) is 5.29. The number of phenolic OH excluding ortho intramolecular Hbond substituents is 1. The Morgan fingerprint density at radius 1 is 1.03 bits per heavy atom. The average Bonchev–Trinajstić information content (AvgIpc) is 2.78. The molecule has 0 bridgehead atoms. The number of benzene rings is 2. The lowest BCUT2D eigenvalue weighted by molar-refractivity contribution is -0.115. The molecule has 0 spiro atoms. The zero-order chi connectivity index (χ0) is 21.6. The molecule has 4 rings (SSSR count). The fourth-order valence-corrected chi connectivity index (χ4v) is 4.07. The number of carbonyl (C=O) groups excluding carboxylic acids is 1. The molecule has 6 heteroatoms. The summed E-state index contributed by atoms with van der Waals surface area (Å²) in [6.45, 7) is 0. The maximum Gasteiger partial charge on any atom is 0.229 e. The molecular weight excluding hydrogens is 393 g/mol. The first-order valence-corrected chi connectivity index (χ1v) is 10.8. The van der Waals surface area contributed by atoms with Crippen LogP contribution < -0.4 is 5.32 Å². The van der Waals surface area contributed by atoms with Gasteiger partial charge in [-0.05, 0) is 54.3 Å². The summed E-state index contributed by atoms with van der Waals surface area (Å²) in [6, 6.07) is 12.8. The summed E-state index contributed by atoms with van der Waals surface area (Å²) >= 11 is 0. The molecule has 1 heterocycles. The summed E-state index contributed by atoms with van der Waals surface area (Å²) in [6.07, 6.45) is 8.59. The van der Waals surface area contributed by atoms with Crippen LogP contribution in [0, 0.1) is 11.7 Å². The zero-order valence-corrected chi connectivity index (χ0v) is 17.4. The number of phenols is 1. The van der Waals surface area contributed by atoms with Crippen LogP contribution in [0.4, 0.5) is 10.2 Å². The number of nitrogens with one attached hydrogen (secondary N) is 1. The fourth-order valence-electron chi connectivity index (χ4n) is 4.07. The van der Waals surface area contributed by atoms with E-state index in [9.17, 15) is 14.3 Å². The van der Waals surface area contributed by atoms with Crippen LogP contribution in [0.3, 0.4) is 0 Å². The van der Waals surface area contributed by atoms with Gasteiger partial charge in [-0.1, -0.05) is 44.2 Å². The van der Waals surface area contributed by atoms with Crippen LogP contribution in [0.1, 0.15) is 43.4 Å². The highest BCUT2D eigenvalue weighted by atomic mass is 19.1. The van der Waals surface area contributed by atoms with Gasteiger partial charge in [-0.3, -0.25) is 4.79 Å². The van der Waals surface area contributed by atoms with Crippen LogP contribution in [0.25, 0.3) is 11.3 Å². The van der Waals surface area contributed by atoms with Gasteiger partial charge in [0.25, 0.3) is 0 Å². The van der Waals surface area contributed by atoms with Gasteiger partial charge in [0.15, 0.2) is 5.82 Å². The Kier molecular flexibility index (Phi) is 6.55. The molecule has 1 aliphatic carbocycles. The highest BCUT2D eigenvalue weighted by Gasteiger charge is 2.19. The molecule has 1 amide bonds. The topological polar surface area (TPSA) is 75.1 Å². The number of halogens is 1. The van der Waals surface area contributed by atoms with E-state index >= 15 is 0 Å². The Morgan fingerprint density at radius 3 is 2.45 bits per heavy atom. The van der Waals surface area contributed by atoms with Crippen LogP contribution >= 0.6 is 0 Å². The van der Waals surface area contributed by atoms with Crippen molar-refractivity contribution in [2.45, 2.75) is 44.9 Å². The van der Waals surface area contributed by atoms with Gasteiger partial charge in [0.1, 0.15) is 11.6 Å². The molecule has 2 aromatic carbocycles. The summed E-state index contributed by atoms with van der Waals surface area (Å²) < 4.78 is 13.3.